The van der Waals surface area contributed by atoms with Crippen molar-refractivity contribution in [1.29, 1.82) is 0 Å². The first kappa shape index (κ1) is 16.5. The maximum atomic E-state index is 13.6. The van der Waals surface area contributed by atoms with Crippen LogP contribution in [0.2, 0.25) is 0 Å². The number of rotatable bonds is 5. The van der Waals surface area contributed by atoms with Gasteiger partial charge < -0.3 is 15.4 Å². The summed E-state index contributed by atoms with van der Waals surface area (Å²) in [5, 5.41) is 5.34. The third kappa shape index (κ3) is 4.81. The van der Waals surface area contributed by atoms with Crippen LogP contribution in [0.4, 0.5) is 15.8 Å². The van der Waals surface area contributed by atoms with E-state index in [2.05, 4.69) is 10.6 Å². The maximum absolute atomic E-state index is 13.6. The molecular formula is C17H17FN2O3. The van der Waals surface area contributed by atoms with Gasteiger partial charge in [0.2, 0.25) is 11.8 Å². The van der Waals surface area contributed by atoms with Crippen LogP contribution in [0.25, 0.3) is 0 Å². The molecular weight excluding hydrogens is 299 g/mol. The molecule has 0 fully saturated rings. The molecule has 2 amide bonds. The average molecular weight is 316 g/mol. The molecule has 2 aromatic rings. The van der Waals surface area contributed by atoms with E-state index in [0.29, 0.717) is 16.9 Å². The van der Waals surface area contributed by atoms with Crippen molar-refractivity contribution in [2.75, 3.05) is 17.7 Å². The Morgan fingerprint density at radius 1 is 1.09 bits per heavy atom. The number of carbonyl (C=O) groups excluding carboxylic acids is 2. The van der Waals surface area contributed by atoms with Gasteiger partial charge in [0.25, 0.3) is 0 Å². The molecule has 0 heterocycles. The molecule has 0 aliphatic carbocycles. The molecule has 5 nitrogen and oxygen atoms in total. The second kappa shape index (κ2) is 7.40. The largest absolute Gasteiger partial charge is 0.494 e. The molecule has 0 saturated heterocycles. The Morgan fingerprint density at radius 2 is 1.78 bits per heavy atom. The summed E-state index contributed by atoms with van der Waals surface area (Å²) >= 11 is 0. The molecule has 2 rings (SSSR count). The first-order chi connectivity index (χ1) is 11.0. The summed E-state index contributed by atoms with van der Waals surface area (Å²) in [7, 11) is 1.38. The highest BCUT2D eigenvalue weighted by Crippen LogP contribution is 2.19. The molecule has 6 heteroatoms. The summed E-state index contributed by atoms with van der Waals surface area (Å²) in [5.74, 6) is -0.848. The van der Waals surface area contributed by atoms with Crippen LogP contribution in [0.1, 0.15) is 12.5 Å². The summed E-state index contributed by atoms with van der Waals surface area (Å²) < 4.78 is 18.4. The minimum Gasteiger partial charge on any atom is -0.494 e. The Hall–Kier alpha value is -2.89. The van der Waals surface area contributed by atoms with Crippen LogP contribution in [0, 0.1) is 5.82 Å². The molecule has 0 aliphatic heterocycles. The zero-order valence-electron chi connectivity index (χ0n) is 12.9. The monoisotopic (exact) mass is 316 g/mol. The fourth-order valence-corrected chi connectivity index (χ4v) is 2.09. The number of benzene rings is 2. The van der Waals surface area contributed by atoms with Gasteiger partial charge >= 0.3 is 0 Å². The van der Waals surface area contributed by atoms with Crippen LogP contribution in [0.5, 0.6) is 5.75 Å². The van der Waals surface area contributed by atoms with E-state index in [0.717, 1.165) is 0 Å². The Bertz CT molecular complexity index is 732. The molecule has 2 N–H and O–H groups in total. The predicted octanol–water partition coefficient (Wildman–Crippen LogP) is 2.97. The second-order valence-electron chi connectivity index (χ2n) is 4.96. The second-order valence-corrected chi connectivity index (χ2v) is 4.96. The highest BCUT2D eigenvalue weighted by atomic mass is 19.1. The SMILES string of the molecule is COc1ccc(CC(=O)Nc2cccc(NC(C)=O)c2)cc1F. The molecule has 23 heavy (non-hydrogen) atoms. The summed E-state index contributed by atoms with van der Waals surface area (Å²) in [6, 6.07) is 11.2. The smallest absolute Gasteiger partial charge is 0.228 e. The van der Waals surface area contributed by atoms with Gasteiger partial charge in [0, 0.05) is 18.3 Å². The molecule has 0 unspecified atom stereocenters. The summed E-state index contributed by atoms with van der Waals surface area (Å²) in [6.07, 6.45) is 0.0330. The van der Waals surface area contributed by atoms with Crippen molar-refractivity contribution in [2.45, 2.75) is 13.3 Å². The predicted molar refractivity (Wildman–Crippen MR) is 86.0 cm³/mol. The van der Waals surface area contributed by atoms with Gasteiger partial charge in [-0.15, -0.1) is 0 Å². The number of hydrogen-bond acceptors (Lipinski definition) is 3. The van der Waals surface area contributed by atoms with Crippen molar-refractivity contribution in [3.63, 3.8) is 0 Å². The van der Waals surface area contributed by atoms with Crippen molar-refractivity contribution < 1.29 is 18.7 Å². The van der Waals surface area contributed by atoms with Crippen molar-refractivity contribution in [3.8, 4) is 5.75 Å². The Balaban J connectivity index is 2.02. The average Bonchev–Trinajstić information content (AvgIpc) is 2.47. The van der Waals surface area contributed by atoms with E-state index in [1.807, 2.05) is 0 Å². The Morgan fingerprint density at radius 3 is 2.39 bits per heavy atom. The summed E-state index contributed by atoms with van der Waals surface area (Å²) in [6.45, 7) is 1.41. The molecule has 0 bridgehead atoms. The number of nitrogens with one attached hydrogen (secondary N) is 2. The van der Waals surface area contributed by atoms with Crippen LogP contribution in [0.15, 0.2) is 42.5 Å². The van der Waals surface area contributed by atoms with Gasteiger partial charge in [-0.3, -0.25) is 9.59 Å². The molecule has 0 saturated carbocycles. The maximum Gasteiger partial charge on any atom is 0.228 e. The normalized spacial score (nSPS) is 10.0. The van der Waals surface area contributed by atoms with Crippen LogP contribution < -0.4 is 15.4 Å². The molecule has 0 spiro atoms. The van der Waals surface area contributed by atoms with Crippen molar-refractivity contribution in [1.82, 2.24) is 0 Å². The van der Waals surface area contributed by atoms with E-state index < -0.39 is 5.82 Å². The number of hydrogen-bond donors (Lipinski definition) is 2. The number of anilines is 2. The fraction of sp³-hybridized carbons (Fsp3) is 0.176. The van der Waals surface area contributed by atoms with Crippen LogP contribution in [-0.2, 0) is 16.0 Å². The van der Waals surface area contributed by atoms with Gasteiger partial charge in [0.15, 0.2) is 11.6 Å². The lowest BCUT2D eigenvalue weighted by Crippen LogP contribution is -2.15. The lowest BCUT2D eigenvalue weighted by molar-refractivity contribution is -0.115. The zero-order chi connectivity index (χ0) is 16.8. The molecule has 120 valence electrons. The number of amides is 2. The van der Waals surface area contributed by atoms with E-state index in [9.17, 15) is 14.0 Å². The zero-order valence-corrected chi connectivity index (χ0v) is 12.9. The van der Waals surface area contributed by atoms with E-state index in [1.54, 1.807) is 30.3 Å². The summed E-state index contributed by atoms with van der Waals surface area (Å²) in [5.41, 5.74) is 1.68. The number of halogens is 1. The quantitative estimate of drug-likeness (QED) is 0.891. The standard InChI is InChI=1S/C17H17FN2O3/c1-11(21)19-13-4-3-5-14(10-13)20-17(22)9-12-6-7-16(23-2)15(18)8-12/h3-8,10H,9H2,1-2H3,(H,19,21)(H,20,22). The van der Waals surface area contributed by atoms with Gasteiger partial charge in [-0.25, -0.2) is 4.39 Å². The van der Waals surface area contributed by atoms with E-state index in [4.69, 9.17) is 4.74 Å². The lowest BCUT2D eigenvalue weighted by Gasteiger charge is -2.09. The Labute approximate surface area is 133 Å². The minimum atomic E-state index is -0.509. The molecule has 0 aliphatic rings. The number of ether oxygens (including phenoxy) is 1. The topological polar surface area (TPSA) is 67.4 Å². The van der Waals surface area contributed by atoms with Gasteiger partial charge in [0.05, 0.1) is 13.5 Å². The van der Waals surface area contributed by atoms with Crippen LogP contribution in [-0.4, -0.2) is 18.9 Å². The molecule has 0 atom stereocenters. The van der Waals surface area contributed by atoms with Gasteiger partial charge in [-0.2, -0.15) is 0 Å². The third-order valence-corrected chi connectivity index (χ3v) is 3.05. The number of carbonyl (C=O) groups is 2. The van der Waals surface area contributed by atoms with Crippen molar-refractivity contribution >= 4 is 23.2 Å². The number of methoxy groups -OCH3 is 1. The summed E-state index contributed by atoms with van der Waals surface area (Å²) in [4.78, 5) is 23.1. The Kier molecular flexibility index (Phi) is 5.30. The first-order valence-corrected chi connectivity index (χ1v) is 6.98. The third-order valence-electron chi connectivity index (χ3n) is 3.05. The highest BCUT2D eigenvalue weighted by Gasteiger charge is 2.08. The molecule has 0 radical (unpaired) electrons. The van der Waals surface area contributed by atoms with Crippen molar-refractivity contribution in [3.05, 3.63) is 53.8 Å². The van der Waals surface area contributed by atoms with Gasteiger partial charge in [-0.05, 0) is 35.9 Å². The van der Waals surface area contributed by atoms with E-state index in [-0.39, 0.29) is 24.0 Å². The van der Waals surface area contributed by atoms with Crippen molar-refractivity contribution in [2.24, 2.45) is 0 Å². The molecule has 0 aromatic heterocycles. The minimum absolute atomic E-state index is 0.0330. The first-order valence-electron chi connectivity index (χ1n) is 6.98. The fourth-order valence-electron chi connectivity index (χ4n) is 2.09. The lowest BCUT2D eigenvalue weighted by atomic mass is 10.1. The van der Waals surface area contributed by atoms with Crippen LogP contribution >= 0.6 is 0 Å². The van der Waals surface area contributed by atoms with Crippen LogP contribution in [0.3, 0.4) is 0 Å². The van der Waals surface area contributed by atoms with Gasteiger partial charge in [0.1, 0.15) is 0 Å². The van der Waals surface area contributed by atoms with E-state index >= 15 is 0 Å². The molecule has 2 aromatic carbocycles. The van der Waals surface area contributed by atoms with Gasteiger partial charge in [-0.1, -0.05) is 12.1 Å². The van der Waals surface area contributed by atoms with E-state index in [1.165, 1.54) is 26.2 Å². The highest BCUT2D eigenvalue weighted by molar-refractivity contribution is 5.94.